The molecule has 0 aromatic carbocycles. The molecule has 0 aliphatic heterocycles. The van der Waals surface area contributed by atoms with Crippen LogP contribution < -0.4 is 0 Å². The molecule has 0 unspecified atom stereocenters. The van der Waals surface area contributed by atoms with Gasteiger partial charge >= 0.3 is 77.6 Å². The standard InChI is InChI=1S/C3H4Cl3O.Sn.H/c4-3(5,6)1-2-7;;/h1-2H2;;/q-1;+1;. The maximum absolute atomic E-state index is 5.38. The molecule has 0 aromatic rings. The Labute approximate surface area is 77.3 Å². The molecule has 1 nitrogen and oxygen atoms in total. The normalized spacial score (nSPS) is 12.0. The molecule has 0 bridgehead atoms. The van der Waals surface area contributed by atoms with Crippen LogP contribution in [-0.4, -0.2) is 33.3 Å². The molecule has 0 N–H and O–H groups in total. The van der Waals surface area contributed by atoms with E-state index in [4.69, 9.17) is 37.9 Å². The fourth-order valence-corrected chi connectivity index (χ4v) is 0.742. The third-order valence-electron chi connectivity index (χ3n) is 0.503. The molecular weight excluding hydrogens is 277 g/mol. The molecule has 2 radical (unpaired) electrons. The Bertz CT molecular complexity index is 62.0. The molecule has 0 saturated heterocycles. The number of rotatable bonds is 2. The van der Waals surface area contributed by atoms with Gasteiger partial charge in [-0.1, -0.05) is 0 Å². The van der Waals surface area contributed by atoms with E-state index in [-0.39, 0.29) is 0 Å². The van der Waals surface area contributed by atoms with Gasteiger partial charge in [-0.3, -0.25) is 0 Å². The topological polar surface area (TPSA) is 9.23 Å². The van der Waals surface area contributed by atoms with E-state index in [9.17, 15) is 0 Å². The minimum atomic E-state index is -1.14. The van der Waals surface area contributed by atoms with Gasteiger partial charge in [-0.05, 0) is 0 Å². The Morgan fingerprint density at radius 1 is 1.38 bits per heavy atom. The molecule has 0 saturated carbocycles. The van der Waals surface area contributed by atoms with E-state index in [1.54, 1.807) is 0 Å². The second-order valence-corrected chi connectivity index (χ2v) is 4.70. The van der Waals surface area contributed by atoms with E-state index in [0.29, 0.717) is 13.0 Å². The fraction of sp³-hybridized carbons (Fsp3) is 1.00. The van der Waals surface area contributed by atoms with E-state index in [1.807, 2.05) is 0 Å². The molecule has 0 fully saturated rings. The van der Waals surface area contributed by atoms with Crippen molar-refractivity contribution in [2.24, 2.45) is 0 Å². The summed E-state index contributed by atoms with van der Waals surface area (Å²) in [6.45, 7) is 0.540. The first-order valence-corrected chi connectivity index (χ1v) is 4.42. The van der Waals surface area contributed by atoms with Gasteiger partial charge in [0.2, 0.25) is 0 Å². The first-order chi connectivity index (χ1) is 3.56. The Morgan fingerprint density at radius 2 is 1.88 bits per heavy atom. The van der Waals surface area contributed by atoms with Crippen LogP contribution in [0, 0.1) is 0 Å². The second kappa shape index (κ2) is 4.45. The van der Waals surface area contributed by atoms with E-state index in [2.05, 4.69) is 0 Å². The van der Waals surface area contributed by atoms with Gasteiger partial charge in [-0.25, -0.2) is 0 Å². The van der Waals surface area contributed by atoms with Gasteiger partial charge in [0.05, 0.1) is 0 Å². The van der Waals surface area contributed by atoms with Crippen LogP contribution in [0.1, 0.15) is 6.42 Å². The zero-order valence-corrected chi connectivity index (χ0v) is 9.60. The Morgan fingerprint density at radius 3 is 2.00 bits per heavy atom. The predicted octanol–water partition coefficient (Wildman–Crippen LogP) is 1.58. The van der Waals surface area contributed by atoms with Gasteiger partial charge in [0.1, 0.15) is 0 Å². The van der Waals surface area contributed by atoms with E-state index < -0.39 is 3.79 Å². The number of alkyl halides is 3. The summed E-state index contributed by atoms with van der Waals surface area (Å²) in [6, 6.07) is 0. The van der Waals surface area contributed by atoms with Crippen molar-refractivity contribution in [2.45, 2.75) is 10.2 Å². The Hall–Kier alpha value is 1.63. The summed E-state index contributed by atoms with van der Waals surface area (Å²) in [6.07, 6.45) is 0.471. The van der Waals surface area contributed by atoms with Gasteiger partial charge in [-0.2, -0.15) is 0 Å². The molecule has 5 heteroatoms. The summed E-state index contributed by atoms with van der Waals surface area (Å²) in [4.78, 5) is 0. The summed E-state index contributed by atoms with van der Waals surface area (Å²) in [7, 11) is 0. The van der Waals surface area contributed by atoms with Crippen LogP contribution in [0.15, 0.2) is 0 Å². The summed E-state index contributed by atoms with van der Waals surface area (Å²) in [5.41, 5.74) is 0. The minimum absolute atomic E-state index is 0.471. The molecule has 0 aromatic heterocycles. The van der Waals surface area contributed by atoms with Crippen LogP contribution >= 0.6 is 34.8 Å². The summed E-state index contributed by atoms with van der Waals surface area (Å²) >= 11 is 16.9. The molecule has 0 atom stereocenters. The van der Waals surface area contributed by atoms with Crippen molar-refractivity contribution >= 4 is 57.7 Å². The van der Waals surface area contributed by atoms with Gasteiger partial charge in [0.15, 0.2) is 0 Å². The molecule has 0 aliphatic carbocycles. The van der Waals surface area contributed by atoms with Crippen LogP contribution in [0.2, 0.25) is 0 Å². The summed E-state index contributed by atoms with van der Waals surface area (Å²) in [5.74, 6) is 0. The Kier molecular flexibility index (Phi) is 5.35. The van der Waals surface area contributed by atoms with E-state index in [1.165, 1.54) is 0 Å². The molecule has 48 valence electrons. The molecular formula is C3H5Cl3OSn. The number of hydrogen-bond acceptors (Lipinski definition) is 1. The zero-order valence-electron chi connectivity index (χ0n) is 4.03. The van der Waals surface area contributed by atoms with Crippen molar-refractivity contribution in [3.8, 4) is 0 Å². The molecule has 0 amide bonds. The van der Waals surface area contributed by atoms with E-state index >= 15 is 0 Å². The van der Waals surface area contributed by atoms with Crippen LogP contribution in [0.3, 0.4) is 0 Å². The Balaban J connectivity index is 3.11. The van der Waals surface area contributed by atoms with Crippen molar-refractivity contribution in [3.63, 3.8) is 0 Å². The predicted molar refractivity (Wildman–Crippen MR) is 38.0 cm³/mol. The van der Waals surface area contributed by atoms with Crippen molar-refractivity contribution in [2.75, 3.05) is 6.61 Å². The summed E-state index contributed by atoms with van der Waals surface area (Å²) in [5, 5.41) is 0. The SMILES string of the molecule is ClC(Cl)(Cl)CC[O][SnH]. The van der Waals surface area contributed by atoms with Crippen molar-refractivity contribution in [3.05, 3.63) is 0 Å². The fourth-order valence-electron chi connectivity index (χ4n) is 0.175. The second-order valence-electron chi connectivity index (χ2n) is 1.24. The molecule has 8 heavy (non-hydrogen) atoms. The first kappa shape index (κ1) is 9.63. The van der Waals surface area contributed by atoms with Gasteiger partial charge in [0, 0.05) is 0 Å². The van der Waals surface area contributed by atoms with Crippen molar-refractivity contribution in [1.29, 1.82) is 0 Å². The van der Waals surface area contributed by atoms with Crippen LogP contribution in [0.5, 0.6) is 0 Å². The maximum atomic E-state index is 5.38. The van der Waals surface area contributed by atoms with Crippen molar-refractivity contribution < 1.29 is 3.07 Å². The van der Waals surface area contributed by atoms with Crippen LogP contribution in [0.4, 0.5) is 0 Å². The zero-order chi connectivity index (χ0) is 6.62. The van der Waals surface area contributed by atoms with E-state index in [0.717, 1.165) is 22.9 Å². The van der Waals surface area contributed by atoms with Crippen molar-refractivity contribution in [1.82, 2.24) is 0 Å². The number of hydrogen-bond donors (Lipinski definition) is 0. The molecule has 0 spiro atoms. The van der Waals surface area contributed by atoms with Gasteiger partial charge in [0.25, 0.3) is 0 Å². The summed E-state index contributed by atoms with van der Waals surface area (Å²) < 4.78 is 3.66. The van der Waals surface area contributed by atoms with Crippen LogP contribution in [0.25, 0.3) is 0 Å². The first-order valence-electron chi connectivity index (χ1n) is 1.94. The van der Waals surface area contributed by atoms with Crippen LogP contribution in [-0.2, 0) is 3.07 Å². The average Bonchev–Trinajstić information content (AvgIpc) is 1.59. The van der Waals surface area contributed by atoms with Gasteiger partial charge < -0.3 is 0 Å². The monoisotopic (exact) mass is 282 g/mol. The quantitative estimate of drug-likeness (QED) is 0.552. The molecule has 0 aliphatic rings. The molecule has 0 heterocycles. The molecule has 0 rings (SSSR count). The third-order valence-corrected chi connectivity index (χ3v) is 1.74. The number of halogens is 3. The third kappa shape index (κ3) is 7.63. The van der Waals surface area contributed by atoms with Gasteiger partial charge in [-0.15, -0.1) is 0 Å². The average molecular weight is 282 g/mol.